The van der Waals surface area contributed by atoms with Crippen LogP contribution in [0.3, 0.4) is 0 Å². The Balaban J connectivity index is 1.94. The smallest absolute Gasteiger partial charge is 0.419 e. The summed E-state index contributed by atoms with van der Waals surface area (Å²) in [5, 5.41) is 24.0. The third-order valence-corrected chi connectivity index (χ3v) is 5.61. The standard InChI is InChI=1S/C21H18F4N2O3/c1-10-9-20(30,21(23,24)25)19(13-3-2-4-16(28)18(10)13)27-15-8-11(22)7-14-12(15)5-6-17(29)26-14/h2-8,10,19,27-28,30H,9H2,1H3,(H,26,29)/t10-,19+,20+/m1/s1. The first-order valence-electron chi connectivity index (χ1n) is 9.21. The van der Waals surface area contributed by atoms with Crippen LogP contribution >= 0.6 is 0 Å². The zero-order valence-corrected chi connectivity index (χ0v) is 15.7. The number of aromatic nitrogens is 1. The van der Waals surface area contributed by atoms with Crippen molar-refractivity contribution in [1.29, 1.82) is 0 Å². The summed E-state index contributed by atoms with van der Waals surface area (Å²) in [7, 11) is 0. The molecule has 1 heterocycles. The second kappa shape index (κ2) is 6.73. The monoisotopic (exact) mass is 422 g/mol. The fourth-order valence-corrected chi connectivity index (χ4v) is 4.29. The van der Waals surface area contributed by atoms with Crippen LogP contribution in [-0.4, -0.2) is 27.0 Å². The van der Waals surface area contributed by atoms with Crippen molar-refractivity contribution in [2.75, 3.05) is 5.32 Å². The third-order valence-electron chi connectivity index (χ3n) is 5.61. The van der Waals surface area contributed by atoms with Crippen molar-refractivity contribution < 1.29 is 27.8 Å². The van der Waals surface area contributed by atoms with E-state index in [1.165, 1.54) is 37.3 Å². The van der Waals surface area contributed by atoms with Gasteiger partial charge in [-0.3, -0.25) is 4.79 Å². The maximum absolute atomic E-state index is 14.1. The molecule has 158 valence electrons. The van der Waals surface area contributed by atoms with E-state index in [0.717, 1.165) is 12.1 Å². The molecule has 30 heavy (non-hydrogen) atoms. The Hall–Kier alpha value is -3.07. The highest BCUT2D eigenvalue weighted by molar-refractivity contribution is 5.91. The highest BCUT2D eigenvalue weighted by Gasteiger charge is 2.62. The molecule has 0 bridgehead atoms. The largest absolute Gasteiger partial charge is 0.508 e. The molecule has 0 saturated heterocycles. The Kier molecular flexibility index (Phi) is 4.54. The lowest BCUT2D eigenvalue weighted by atomic mass is 9.70. The minimum absolute atomic E-state index is 0.0298. The maximum Gasteiger partial charge on any atom is 0.419 e. The van der Waals surface area contributed by atoms with Gasteiger partial charge in [0.2, 0.25) is 5.56 Å². The van der Waals surface area contributed by atoms with E-state index < -0.39 is 41.5 Å². The van der Waals surface area contributed by atoms with Crippen molar-refractivity contribution in [3.63, 3.8) is 0 Å². The average Bonchev–Trinajstić information content (AvgIpc) is 2.63. The van der Waals surface area contributed by atoms with Crippen molar-refractivity contribution in [1.82, 2.24) is 4.98 Å². The summed E-state index contributed by atoms with van der Waals surface area (Å²) in [6.07, 6.45) is -5.69. The second-order valence-corrected chi connectivity index (χ2v) is 7.62. The van der Waals surface area contributed by atoms with Crippen LogP contribution in [0.5, 0.6) is 5.75 Å². The van der Waals surface area contributed by atoms with Crippen molar-refractivity contribution in [3.05, 3.63) is 69.8 Å². The van der Waals surface area contributed by atoms with Crippen LogP contribution in [0.1, 0.15) is 36.4 Å². The second-order valence-electron chi connectivity index (χ2n) is 7.62. The van der Waals surface area contributed by atoms with Crippen LogP contribution in [0.2, 0.25) is 0 Å². The van der Waals surface area contributed by atoms with E-state index in [2.05, 4.69) is 10.3 Å². The van der Waals surface area contributed by atoms with Gasteiger partial charge in [0.25, 0.3) is 0 Å². The van der Waals surface area contributed by atoms with Crippen LogP contribution in [0.15, 0.2) is 47.3 Å². The number of phenols is 1. The Labute approximate surface area is 168 Å². The number of alkyl halides is 3. The predicted molar refractivity (Wildman–Crippen MR) is 103 cm³/mol. The highest BCUT2D eigenvalue weighted by atomic mass is 19.4. The fourth-order valence-electron chi connectivity index (χ4n) is 4.29. The van der Waals surface area contributed by atoms with Crippen LogP contribution in [0, 0.1) is 5.82 Å². The molecule has 5 nitrogen and oxygen atoms in total. The molecule has 4 N–H and O–H groups in total. The molecule has 1 aliphatic carbocycles. The molecule has 0 spiro atoms. The predicted octanol–water partition coefficient (Wildman–Crippen LogP) is 4.33. The van der Waals surface area contributed by atoms with Gasteiger partial charge in [0, 0.05) is 22.7 Å². The molecule has 0 fully saturated rings. The number of benzene rings is 2. The summed E-state index contributed by atoms with van der Waals surface area (Å²) in [6, 6.07) is 7.02. The van der Waals surface area contributed by atoms with Gasteiger partial charge in [-0.1, -0.05) is 19.1 Å². The first-order valence-corrected chi connectivity index (χ1v) is 9.21. The van der Waals surface area contributed by atoms with Crippen molar-refractivity contribution in [2.24, 2.45) is 0 Å². The fraction of sp³-hybridized carbons (Fsp3) is 0.286. The van der Waals surface area contributed by atoms with Gasteiger partial charge in [-0.25, -0.2) is 4.39 Å². The molecule has 3 atom stereocenters. The Bertz CT molecular complexity index is 1190. The lowest BCUT2D eigenvalue weighted by molar-refractivity contribution is -0.272. The van der Waals surface area contributed by atoms with Crippen molar-refractivity contribution >= 4 is 16.6 Å². The minimum atomic E-state index is -5.00. The van der Waals surface area contributed by atoms with E-state index in [9.17, 15) is 32.6 Å². The van der Waals surface area contributed by atoms with E-state index in [0.29, 0.717) is 0 Å². The van der Waals surface area contributed by atoms with Gasteiger partial charge in [0.15, 0.2) is 5.60 Å². The number of H-pyrrole nitrogens is 1. The molecule has 9 heteroatoms. The molecular formula is C21H18F4N2O3. The molecule has 1 aliphatic rings. The highest BCUT2D eigenvalue weighted by Crippen LogP contribution is 2.54. The number of aromatic hydroxyl groups is 1. The summed E-state index contributed by atoms with van der Waals surface area (Å²) < 4.78 is 56.2. The van der Waals surface area contributed by atoms with Crippen molar-refractivity contribution in [2.45, 2.75) is 37.1 Å². The Morgan fingerprint density at radius 1 is 1.20 bits per heavy atom. The molecule has 0 unspecified atom stereocenters. The van der Waals surface area contributed by atoms with Gasteiger partial charge in [0.1, 0.15) is 11.6 Å². The number of nitrogens with one attached hydrogen (secondary N) is 2. The number of aliphatic hydroxyl groups is 1. The lowest BCUT2D eigenvalue weighted by Gasteiger charge is -2.45. The number of anilines is 1. The molecular weight excluding hydrogens is 404 g/mol. The molecule has 2 aromatic carbocycles. The van der Waals surface area contributed by atoms with E-state index in [4.69, 9.17) is 0 Å². The average molecular weight is 422 g/mol. The molecule has 4 rings (SSSR count). The lowest BCUT2D eigenvalue weighted by Crippen LogP contribution is -2.55. The molecule has 0 amide bonds. The van der Waals surface area contributed by atoms with Gasteiger partial charge in [0.05, 0.1) is 11.6 Å². The number of hydrogen-bond acceptors (Lipinski definition) is 4. The Morgan fingerprint density at radius 3 is 2.63 bits per heavy atom. The van der Waals surface area contributed by atoms with Crippen molar-refractivity contribution in [3.8, 4) is 5.75 Å². The quantitative estimate of drug-likeness (QED) is 0.463. The number of halogens is 4. The zero-order valence-electron chi connectivity index (χ0n) is 15.7. The summed E-state index contributed by atoms with van der Waals surface area (Å²) in [5.74, 6) is -1.72. The van der Waals surface area contributed by atoms with Crippen LogP contribution in [0.25, 0.3) is 10.9 Å². The topological polar surface area (TPSA) is 85.4 Å². The first kappa shape index (κ1) is 20.2. The van der Waals surface area contributed by atoms with Crippen LogP contribution in [-0.2, 0) is 0 Å². The van der Waals surface area contributed by atoms with Crippen LogP contribution in [0.4, 0.5) is 23.2 Å². The first-order chi connectivity index (χ1) is 14.0. The molecule has 0 radical (unpaired) electrons. The number of rotatable bonds is 2. The Morgan fingerprint density at radius 2 is 1.93 bits per heavy atom. The summed E-state index contributed by atoms with van der Waals surface area (Å²) in [6.45, 7) is 1.49. The van der Waals surface area contributed by atoms with Gasteiger partial charge in [-0.2, -0.15) is 13.2 Å². The number of aromatic amines is 1. The normalized spacial score (nSPS) is 23.9. The van der Waals surface area contributed by atoms with Crippen LogP contribution < -0.4 is 10.9 Å². The summed E-state index contributed by atoms with van der Waals surface area (Å²) >= 11 is 0. The number of phenolic OH excluding ortho intramolecular Hbond substituents is 1. The molecule has 3 aromatic rings. The molecule has 0 saturated carbocycles. The molecule has 1 aromatic heterocycles. The zero-order chi connectivity index (χ0) is 21.8. The number of hydrogen-bond donors (Lipinski definition) is 4. The number of fused-ring (bicyclic) bond motifs is 2. The van der Waals surface area contributed by atoms with Gasteiger partial charge < -0.3 is 20.5 Å². The van der Waals surface area contributed by atoms with Gasteiger partial charge in [-0.15, -0.1) is 0 Å². The third kappa shape index (κ3) is 3.09. The SMILES string of the molecule is C[C@@H]1C[C@@](O)(C(F)(F)F)[C@@H](Nc2cc(F)cc3[nH]c(=O)ccc23)c2cccc(O)c21. The number of pyridine rings is 1. The molecule has 0 aliphatic heterocycles. The van der Waals surface area contributed by atoms with Gasteiger partial charge in [-0.05, 0) is 42.2 Å². The summed E-state index contributed by atoms with van der Waals surface area (Å²) in [4.78, 5) is 14.0. The van der Waals surface area contributed by atoms with E-state index in [1.54, 1.807) is 0 Å². The maximum atomic E-state index is 14.1. The van der Waals surface area contributed by atoms with E-state index >= 15 is 0 Å². The minimum Gasteiger partial charge on any atom is -0.508 e. The van der Waals surface area contributed by atoms with E-state index in [-0.39, 0.29) is 33.5 Å². The van der Waals surface area contributed by atoms with E-state index in [1.807, 2.05) is 0 Å². The summed E-state index contributed by atoms with van der Waals surface area (Å²) in [5.41, 5.74) is -3.24. The van der Waals surface area contributed by atoms with Gasteiger partial charge >= 0.3 is 6.18 Å².